The molecule has 0 radical (unpaired) electrons. The quantitative estimate of drug-likeness (QED) is 0.178. The maximum absolute atomic E-state index is 16.9. The standard InChI is InChI=1S/C56H34F2N2O2/c1-31-49(37-17-3-9-21-41(37)57)54(60-44-24-12-6-20-40(44)52-46(60)30-28-36-34-16-8-14-26-48(34)62-56(36)52)50(38-18-4-10-22-42(38)58)32(2)53(31)59-43-23-11-5-19-39(43)51-45(59)29-27-35-33-15-7-13-25-47(33)61-55(35)51/h3-30H,1-2H3. The van der Waals surface area contributed by atoms with Crippen LogP contribution < -0.4 is 0 Å². The second-order valence-corrected chi connectivity index (χ2v) is 16.2. The zero-order chi connectivity index (χ0) is 41.4. The first-order valence-corrected chi connectivity index (χ1v) is 20.8. The molecule has 9 aromatic carbocycles. The van der Waals surface area contributed by atoms with Gasteiger partial charge in [0, 0.05) is 54.6 Å². The highest BCUT2D eigenvalue weighted by Gasteiger charge is 2.31. The van der Waals surface area contributed by atoms with E-state index in [1.54, 1.807) is 12.1 Å². The molecule has 4 heterocycles. The molecule has 0 atom stereocenters. The average Bonchev–Trinajstić information content (AvgIpc) is 4.05. The molecule has 0 N–H and O–H groups in total. The topological polar surface area (TPSA) is 36.1 Å². The van der Waals surface area contributed by atoms with Crippen molar-refractivity contribution < 1.29 is 17.6 Å². The summed E-state index contributed by atoms with van der Waals surface area (Å²) in [5.41, 5.74) is 12.2. The Hall–Kier alpha value is -7.96. The van der Waals surface area contributed by atoms with Gasteiger partial charge in [-0.05, 0) is 85.6 Å². The third-order valence-electron chi connectivity index (χ3n) is 13.0. The van der Waals surface area contributed by atoms with Crippen LogP contribution in [0.25, 0.3) is 121 Å². The Kier molecular flexibility index (Phi) is 7.18. The Balaban J connectivity index is 1.26. The number of benzene rings is 9. The van der Waals surface area contributed by atoms with Crippen molar-refractivity contribution in [2.45, 2.75) is 13.8 Å². The smallest absolute Gasteiger partial charge is 0.145 e. The summed E-state index contributed by atoms with van der Waals surface area (Å²) in [7, 11) is 0. The van der Waals surface area contributed by atoms with Gasteiger partial charge in [0.15, 0.2) is 0 Å². The normalized spacial score (nSPS) is 12.2. The maximum atomic E-state index is 16.9. The SMILES string of the molecule is Cc1c(-c2ccccc2F)c(-n2c3ccccc3c3c4oc5ccccc5c4ccc32)c(-c2ccccc2F)c(C)c1-n1c2ccccc2c2c3oc4ccccc4c3ccc21. The van der Waals surface area contributed by atoms with E-state index in [1.807, 2.05) is 84.9 Å². The molecule has 0 fully saturated rings. The molecule has 0 bridgehead atoms. The molecular weight excluding hydrogens is 771 g/mol. The van der Waals surface area contributed by atoms with Gasteiger partial charge in [-0.25, -0.2) is 8.78 Å². The predicted molar refractivity (Wildman–Crippen MR) is 250 cm³/mol. The lowest BCUT2D eigenvalue weighted by Gasteiger charge is -2.27. The van der Waals surface area contributed by atoms with Crippen LogP contribution in [-0.2, 0) is 0 Å². The van der Waals surface area contributed by atoms with Crippen LogP contribution in [-0.4, -0.2) is 9.13 Å². The number of hydrogen-bond acceptors (Lipinski definition) is 2. The van der Waals surface area contributed by atoms with Crippen LogP contribution in [0.15, 0.2) is 179 Å². The lowest BCUT2D eigenvalue weighted by molar-refractivity contribution is 0.630. The Morgan fingerprint density at radius 3 is 1.21 bits per heavy atom. The van der Waals surface area contributed by atoms with E-state index < -0.39 is 0 Å². The molecule has 0 spiro atoms. The highest BCUT2D eigenvalue weighted by Crippen LogP contribution is 2.51. The average molecular weight is 805 g/mol. The number of nitrogens with zero attached hydrogens (tertiary/aromatic N) is 2. The summed E-state index contributed by atoms with van der Waals surface area (Å²) in [6.45, 7) is 4.15. The zero-order valence-corrected chi connectivity index (χ0v) is 33.6. The third kappa shape index (κ3) is 4.58. The van der Waals surface area contributed by atoms with E-state index in [-0.39, 0.29) is 11.6 Å². The first kappa shape index (κ1) is 34.9. The number of halogens is 2. The van der Waals surface area contributed by atoms with Crippen LogP contribution in [0, 0.1) is 25.5 Å². The van der Waals surface area contributed by atoms with Gasteiger partial charge in [0.1, 0.15) is 34.0 Å². The van der Waals surface area contributed by atoms with Gasteiger partial charge in [-0.15, -0.1) is 0 Å². The van der Waals surface area contributed by atoms with Crippen molar-refractivity contribution in [2.24, 2.45) is 0 Å². The summed E-state index contributed by atoms with van der Waals surface area (Å²) in [4.78, 5) is 0. The van der Waals surface area contributed by atoms with Gasteiger partial charge in [-0.3, -0.25) is 0 Å². The van der Waals surface area contributed by atoms with Crippen molar-refractivity contribution in [1.29, 1.82) is 0 Å². The summed E-state index contributed by atoms with van der Waals surface area (Å²) in [5, 5.41) is 8.03. The van der Waals surface area contributed by atoms with E-state index in [1.165, 1.54) is 12.1 Å². The van der Waals surface area contributed by atoms with Crippen LogP contribution in [0.3, 0.4) is 0 Å². The fourth-order valence-electron chi connectivity index (χ4n) is 10.5. The third-order valence-corrected chi connectivity index (χ3v) is 13.0. The first-order chi connectivity index (χ1) is 30.5. The molecule has 0 aliphatic rings. The predicted octanol–water partition coefficient (Wildman–Crippen LogP) is 15.9. The van der Waals surface area contributed by atoms with Gasteiger partial charge >= 0.3 is 0 Å². The molecule has 0 aliphatic heterocycles. The molecule has 0 aliphatic carbocycles. The van der Waals surface area contributed by atoms with Crippen molar-refractivity contribution in [2.75, 3.05) is 0 Å². The largest absolute Gasteiger partial charge is 0.455 e. The summed E-state index contributed by atoms with van der Waals surface area (Å²) < 4.78 is 51.6. The lowest BCUT2D eigenvalue weighted by atomic mass is 9.86. The van der Waals surface area contributed by atoms with Crippen LogP contribution in [0.1, 0.15) is 11.1 Å². The summed E-state index contributed by atoms with van der Waals surface area (Å²) >= 11 is 0. The van der Waals surface area contributed by atoms with Gasteiger partial charge in [0.2, 0.25) is 0 Å². The van der Waals surface area contributed by atoms with Crippen LogP contribution in [0.4, 0.5) is 8.78 Å². The molecule has 294 valence electrons. The molecule has 0 saturated carbocycles. The lowest BCUT2D eigenvalue weighted by Crippen LogP contribution is -2.11. The number of rotatable bonds is 4. The second-order valence-electron chi connectivity index (χ2n) is 16.2. The molecule has 0 amide bonds. The molecule has 6 heteroatoms. The van der Waals surface area contributed by atoms with E-state index in [2.05, 4.69) is 83.6 Å². The van der Waals surface area contributed by atoms with Crippen molar-refractivity contribution in [3.63, 3.8) is 0 Å². The Morgan fingerprint density at radius 1 is 0.355 bits per heavy atom. The van der Waals surface area contributed by atoms with Crippen LogP contribution in [0.5, 0.6) is 0 Å². The number of fused-ring (bicyclic) bond motifs is 14. The van der Waals surface area contributed by atoms with E-state index in [4.69, 9.17) is 8.83 Å². The molecule has 0 unspecified atom stereocenters. The van der Waals surface area contributed by atoms with Crippen molar-refractivity contribution >= 4 is 87.5 Å². The van der Waals surface area contributed by atoms with Gasteiger partial charge < -0.3 is 18.0 Å². The van der Waals surface area contributed by atoms with Crippen LogP contribution in [0.2, 0.25) is 0 Å². The summed E-state index contributed by atoms with van der Waals surface area (Å²) in [6.07, 6.45) is 0. The van der Waals surface area contributed by atoms with Gasteiger partial charge in [-0.2, -0.15) is 0 Å². The Bertz CT molecular complexity index is 3980. The van der Waals surface area contributed by atoms with E-state index in [9.17, 15) is 0 Å². The first-order valence-electron chi connectivity index (χ1n) is 20.8. The molecule has 4 nitrogen and oxygen atoms in total. The number of hydrogen-bond donors (Lipinski definition) is 0. The molecule has 13 aromatic rings. The van der Waals surface area contributed by atoms with Crippen LogP contribution >= 0.6 is 0 Å². The van der Waals surface area contributed by atoms with Gasteiger partial charge in [0.05, 0.1) is 44.2 Å². The number of aromatic nitrogens is 2. The molecular formula is C56H34F2N2O2. The van der Waals surface area contributed by atoms with E-state index >= 15 is 8.78 Å². The zero-order valence-electron chi connectivity index (χ0n) is 33.6. The fourth-order valence-corrected chi connectivity index (χ4v) is 10.5. The van der Waals surface area contributed by atoms with Crippen molar-refractivity contribution in [1.82, 2.24) is 9.13 Å². The molecule has 62 heavy (non-hydrogen) atoms. The van der Waals surface area contributed by atoms with Gasteiger partial charge in [0.25, 0.3) is 0 Å². The monoisotopic (exact) mass is 804 g/mol. The minimum atomic E-state index is -0.377. The highest BCUT2D eigenvalue weighted by atomic mass is 19.1. The number of para-hydroxylation sites is 4. The van der Waals surface area contributed by atoms with Crippen molar-refractivity contribution in [3.8, 4) is 33.6 Å². The maximum Gasteiger partial charge on any atom is 0.145 e. The number of furan rings is 2. The van der Waals surface area contributed by atoms with Crippen molar-refractivity contribution in [3.05, 3.63) is 193 Å². The second kappa shape index (κ2) is 12.8. The minimum Gasteiger partial charge on any atom is -0.455 e. The molecule has 0 saturated heterocycles. The minimum absolute atomic E-state index is 0.377. The fraction of sp³-hybridized carbons (Fsp3) is 0.0357. The van der Waals surface area contributed by atoms with E-state index in [0.717, 1.165) is 104 Å². The Morgan fingerprint density at radius 2 is 0.742 bits per heavy atom. The van der Waals surface area contributed by atoms with Gasteiger partial charge in [-0.1, -0.05) is 109 Å². The molecule has 13 rings (SSSR count). The molecule has 4 aromatic heterocycles. The van der Waals surface area contributed by atoms with E-state index in [0.29, 0.717) is 27.9 Å². The highest BCUT2D eigenvalue weighted by molar-refractivity contribution is 6.26. The Labute approximate surface area is 353 Å². The summed E-state index contributed by atoms with van der Waals surface area (Å²) in [5.74, 6) is -0.754. The summed E-state index contributed by atoms with van der Waals surface area (Å²) in [6, 6.07) is 55.1.